The van der Waals surface area contributed by atoms with Crippen LogP contribution in [0.5, 0.6) is 0 Å². The number of β-lactam (4-membered cyclic amide) rings is 1. The Kier molecular flexibility index (Phi) is 10.6. The molecule has 6 rings (SSSR count). The number of aromatic nitrogens is 2. The Hall–Kier alpha value is -3.48. The summed E-state index contributed by atoms with van der Waals surface area (Å²) in [6.45, 7) is 0. The third-order valence-corrected chi connectivity index (χ3v) is 11.0. The molecule has 1 fully saturated rings. The van der Waals surface area contributed by atoms with Gasteiger partial charge in [0.1, 0.15) is 27.4 Å². The third-order valence-electron chi connectivity index (χ3n) is 7.16. The number of carbonyl (C=O) groups excluding carboxylic acids is 3. The van der Waals surface area contributed by atoms with E-state index in [9.17, 15) is 14.4 Å². The first-order valence-electron chi connectivity index (χ1n) is 14.1. The first-order valence-corrected chi connectivity index (χ1v) is 17.9. The fourth-order valence-electron chi connectivity index (χ4n) is 5.03. The Morgan fingerprint density at radius 1 is 0.935 bits per heavy atom. The van der Waals surface area contributed by atoms with Crippen LogP contribution in [0.2, 0.25) is 10.3 Å². The summed E-state index contributed by atoms with van der Waals surface area (Å²) in [7, 11) is 0. The lowest BCUT2D eigenvalue weighted by Gasteiger charge is -2.49. The molecule has 0 saturated carbocycles. The monoisotopic (exact) mass is 708 g/mol. The van der Waals surface area contributed by atoms with E-state index in [1.165, 1.54) is 28.4 Å². The standard InChI is InChI=1S/C33H26Cl2N4O4S3/c34-25-15-24(16-26(35)37-25)45-19-27(40)38-28-31(41)39-29(22(18-46-32(28)39)17-44-23-11-13-36-14-12-23)33(42)43-30(20-7-3-1-4-8-20)21-9-5-2-6-10-21/h1-16,28,30,32H,17-19H2,(H,38,40)/t28-,32-/m1/s1. The molecule has 1 saturated heterocycles. The van der Waals surface area contributed by atoms with Crippen LogP contribution in [0.4, 0.5) is 0 Å². The maximum absolute atomic E-state index is 14.1. The van der Waals surface area contributed by atoms with E-state index in [0.717, 1.165) is 21.6 Å². The molecule has 4 aromatic rings. The summed E-state index contributed by atoms with van der Waals surface area (Å²) in [5, 5.41) is 2.85. The molecule has 2 aromatic carbocycles. The van der Waals surface area contributed by atoms with Crippen LogP contribution in [0.25, 0.3) is 0 Å². The lowest BCUT2D eigenvalue weighted by Crippen LogP contribution is -2.70. The number of ether oxygens (including phenoxy) is 1. The maximum Gasteiger partial charge on any atom is 0.356 e. The quantitative estimate of drug-likeness (QED) is 0.0794. The SMILES string of the molecule is O=C(CSc1cc(Cl)nc(Cl)c1)N[C@@H]1C(=O)N2C(C(=O)OC(c3ccccc3)c3ccccc3)=C(CSc3ccncc3)CS[C@H]12. The number of rotatable bonds is 11. The Morgan fingerprint density at radius 2 is 1.57 bits per heavy atom. The Bertz CT molecular complexity index is 1710. The molecule has 2 aliphatic rings. The molecule has 0 spiro atoms. The molecule has 8 nitrogen and oxygen atoms in total. The predicted octanol–water partition coefficient (Wildman–Crippen LogP) is 6.65. The molecule has 0 aliphatic carbocycles. The van der Waals surface area contributed by atoms with Gasteiger partial charge in [-0.25, -0.2) is 9.78 Å². The number of amides is 2. The van der Waals surface area contributed by atoms with Crippen LogP contribution in [-0.2, 0) is 19.1 Å². The minimum Gasteiger partial charge on any atom is -0.448 e. The van der Waals surface area contributed by atoms with Crippen molar-refractivity contribution in [2.45, 2.75) is 27.3 Å². The van der Waals surface area contributed by atoms with E-state index in [-0.39, 0.29) is 33.6 Å². The van der Waals surface area contributed by atoms with Crippen LogP contribution in [0, 0.1) is 0 Å². The smallest absolute Gasteiger partial charge is 0.356 e. The van der Waals surface area contributed by atoms with Crippen molar-refractivity contribution in [2.75, 3.05) is 17.3 Å². The number of pyridine rings is 2. The molecule has 0 bridgehead atoms. The zero-order valence-corrected chi connectivity index (χ0v) is 28.0. The van der Waals surface area contributed by atoms with Gasteiger partial charge >= 0.3 is 5.97 Å². The lowest BCUT2D eigenvalue weighted by molar-refractivity contribution is -0.154. The van der Waals surface area contributed by atoms with Gasteiger partial charge in [-0.15, -0.1) is 35.3 Å². The van der Waals surface area contributed by atoms with Gasteiger partial charge in [0.15, 0.2) is 6.10 Å². The van der Waals surface area contributed by atoms with Crippen LogP contribution in [0.15, 0.2) is 118 Å². The van der Waals surface area contributed by atoms with Crippen LogP contribution < -0.4 is 5.32 Å². The molecule has 4 heterocycles. The van der Waals surface area contributed by atoms with Crippen LogP contribution in [0.1, 0.15) is 17.2 Å². The van der Waals surface area contributed by atoms with E-state index >= 15 is 0 Å². The fourth-order valence-corrected chi connectivity index (χ4v) is 8.76. The number of nitrogens with one attached hydrogen (secondary N) is 1. The Balaban J connectivity index is 1.22. The normalized spacial score (nSPS) is 17.4. The lowest BCUT2D eigenvalue weighted by atomic mass is 10.0. The number of halogens is 2. The molecule has 2 atom stereocenters. The van der Waals surface area contributed by atoms with Crippen molar-refractivity contribution in [3.8, 4) is 0 Å². The fraction of sp³-hybridized carbons (Fsp3) is 0.182. The van der Waals surface area contributed by atoms with E-state index in [0.29, 0.717) is 16.4 Å². The van der Waals surface area contributed by atoms with Gasteiger partial charge in [0.2, 0.25) is 5.91 Å². The summed E-state index contributed by atoms with van der Waals surface area (Å²) in [5.41, 5.74) is 2.64. The minimum atomic E-state index is -0.779. The summed E-state index contributed by atoms with van der Waals surface area (Å²) in [6.07, 6.45) is 2.75. The summed E-state index contributed by atoms with van der Waals surface area (Å²) >= 11 is 16.3. The molecule has 0 unspecified atom stereocenters. The number of nitrogens with zero attached hydrogens (tertiary/aromatic N) is 3. The highest BCUT2D eigenvalue weighted by Gasteiger charge is 2.54. The minimum absolute atomic E-state index is 0.0478. The van der Waals surface area contributed by atoms with Gasteiger partial charge in [0.25, 0.3) is 5.91 Å². The van der Waals surface area contributed by atoms with Crippen LogP contribution in [-0.4, -0.2) is 61.3 Å². The van der Waals surface area contributed by atoms with E-state index in [1.54, 1.807) is 36.3 Å². The second-order valence-electron chi connectivity index (χ2n) is 10.2. The molecule has 0 radical (unpaired) electrons. The first-order chi connectivity index (χ1) is 22.4. The van der Waals surface area contributed by atoms with Gasteiger partial charge in [0.05, 0.1) is 5.75 Å². The highest BCUT2D eigenvalue weighted by molar-refractivity contribution is 8.01. The average molecular weight is 710 g/mol. The average Bonchev–Trinajstić information content (AvgIpc) is 3.08. The molecular formula is C33H26Cl2N4O4S3. The van der Waals surface area contributed by atoms with Crippen molar-refractivity contribution in [1.29, 1.82) is 0 Å². The second kappa shape index (κ2) is 15.0. The van der Waals surface area contributed by atoms with Crippen molar-refractivity contribution in [3.05, 3.63) is 130 Å². The van der Waals surface area contributed by atoms with E-state index in [4.69, 9.17) is 27.9 Å². The van der Waals surface area contributed by atoms with Gasteiger partial charge in [-0.3, -0.25) is 19.5 Å². The van der Waals surface area contributed by atoms with Crippen molar-refractivity contribution < 1.29 is 19.1 Å². The van der Waals surface area contributed by atoms with E-state index in [2.05, 4.69) is 15.3 Å². The molecule has 234 valence electrons. The maximum atomic E-state index is 14.1. The van der Waals surface area contributed by atoms with Gasteiger partial charge < -0.3 is 10.1 Å². The largest absolute Gasteiger partial charge is 0.448 e. The molecular weight excluding hydrogens is 683 g/mol. The van der Waals surface area contributed by atoms with Gasteiger partial charge in [-0.2, -0.15) is 0 Å². The number of fused-ring (bicyclic) bond motifs is 1. The molecule has 46 heavy (non-hydrogen) atoms. The zero-order valence-electron chi connectivity index (χ0n) is 24.0. The van der Waals surface area contributed by atoms with E-state index in [1.807, 2.05) is 72.8 Å². The first kappa shape index (κ1) is 32.5. The summed E-state index contributed by atoms with van der Waals surface area (Å²) in [6, 6.07) is 25.3. The van der Waals surface area contributed by atoms with E-state index < -0.39 is 23.5 Å². The van der Waals surface area contributed by atoms with Crippen LogP contribution in [0.3, 0.4) is 0 Å². The number of hydrogen-bond acceptors (Lipinski definition) is 9. The molecule has 2 amide bonds. The zero-order chi connectivity index (χ0) is 32.0. The third kappa shape index (κ3) is 7.56. The highest BCUT2D eigenvalue weighted by atomic mass is 35.5. The predicted molar refractivity (Wildman–Crippen MR) is 183 cm³/mol. The molecule has 2 aromatic heterocycles. The van der Waals surface area contributed by atoms with Gasteiger partial charge in [-0.1, -0.05) is 83.9 Å². The van der Waals surface area contributed by atoms with Crippen LogP contribution >= 0.6 is 58.5 Å². The summed E-state index contributed by atoms with van der Waals surface area (Å²) in [4.78, 5) is 51.8. The van der Waals surface area contributed by atoms with Crippen molar-refractivity contribution in [3.63, 3.8) is 0 Å². The number of carbonyl (C=O) groups is 3. The number of benzene rings is 2. The summed E-state index contributed by atoms with van der Waals surface area (Å²) in [5.74, 6) is -0.259. The van der Waals surface area contributed by atoms with Crippen molar-refractivity contribution >= 4 is 76.3 Å². The van der Waals surface area contributed by atoms with Gasteiger partial charge in [-0.05, 0) is 41.0 Å². The van der Waals surface area contributed by atoms with Gasteiger partial charge in [0, 0.05) is 33.7 Å². The van der Waals surface area contributed by atoms with Crippen molar-refractivity contribution in [2.24, 2.45) is 0 Å². The topological polar surface area (TPSA) is 101 Å². The molecule has 2 aliphatic heterocycles. The molecule has 1 N–H and O–H groups in total. The van der Waals surface area contributed by atoms with Crippen molar-refractivity contribution in [1.82, 2.24) is 20.2 Å². The molecule has 13 heteroatoms. The Labute approximate surface area is 288 Å². The summed E-state index contributed by atoms with van der Waals surface area (Å²) < 4.78 is 6.23. The number of hydrogen-bond donors (Lipinski definition) is 1. The number of thioether (sulfide) groups is 3. The second-order valence-corrected chi connectivity index (χ2v) is 14.2. The highest BCUT2D eigenvalue weighted by Crippen LogP contribution is 2.43. The number of esters is 1. The Morgan fingerprint density at radius 3 is 2.20 bits per heavy atom.